The average Bonchev–Trinajstić information content (AvgIpc) is 4.07. The van der Waals surface area contributed by atoms with Gasteiger partial charge in [0.15, 0.2) is 17.9 Å². The summed E-state index contributed by atoms with van der Waals surface area (Å²) in [6.45, 7) is 12.9. The molecule has 1 aliphatic carbocycles. The smallest absolute Gasteiger partial charge is 0.261 e. The van der Waals surface area contributed by atoms with E-state index in [2.05, 4.69) is 129 Å². The molecule has 8 nitrogen and oxygen atoms in total. The summed E-state index contributed by atoms with van der Waals surface area (Å²) in [5.41, 5.74) is 4.27. The lowest BCUT2D eigenvalue weighted by molar-refractivity contribution is -0.190. The number of benzene rings is 5. The molecule has 318 valence electrons. The molecule has 0 bridgehead atoms. The lowest BCUT2D eigenvalue weighted by atomic mass is 9.92. The van der Waals surface area contributed by atoms with Crippen molar-refractivity contribution in [2.24, 2.45) is 11.8 Å². The number of rotatable bonds is 14. The van der Waals surface area contributed by atoms with Gasteiger partial charge >= 0.3 is 0 Å². The Morgan fingerprint density at radius 1 is 0.823 bits per heavy atom. The van der Waals surface area contributed by atoms with Crippen molar-refractivity contribution in [1.29, 1.82) is 0 Å². The Morgan fingerprint density at radius 2 is 1.50 bits per heavy atom. The van der Waals surface area contributed by atoms with Gasteiger partial charge in [-0.25, -0.2) is 0 Å². The molecule has 1 saturated heterocycles. The molecule has 5 unspecified atom stereocenters. The number of ketones is 1. The van der Waals surface area contributed by atoms with Crippen LogP contribution in [0.25, 0.3) is 0 Å². The number of amides is 1. The van der Waals surface area contributed by atoms with Crippen molar-refractivity contribution in [2.75, 3.05) is 26.4 Å². The summed E-state index contributed by atoms with van der Waals surface area (Å²) < 4.78 is 20.3. The molecule has 0 N–H and O–H groups in total. The number of carbonyl (C=O) groups is 2. The van der Waals surface area contributed by atoms with Crippen LogP contribution in [0.15, 0.2) is 163 Å². The first-order chi connectivity index (χ1) is 30.2. The molecule has 9 rings (SSSR count). The fourth-order valence-electron chi connectivity index (χ4n) is 9.69. The molecule has 2 fully saturated rings. The van der Waals surface area contributed by atoms with E-state index in [1.165, 1.54) is 15.3 Å². The van der Waals surface area contributed by atoms with Gasteiger partial charge in [0.05, 0.1) is 19.3 Å². The van der Waals surface area contributed by atoms with Crippen LogP contribution in [0.2, 0.25) is 5.04 Å². The molecule has 0 spiro atoms. The minimum atomic E-state index is -2.74. The van der Waals surface area contributed by atoms with E-state index in [4.69, 9.17) is 13.9 Å². The fourth-order valence-corrected chi connectivity index (χ4v) is 15.4. The van der Waals surface area contributed by atoms with Gasteiger partial charge in [0.2, 0.25) is 0 Å². The second-order valence-electron chi connectivity index (χ2n) is 17.8. The topological polar surface area (TPSA) is 71.5 Å². The average molecular weight is 862 g/mol. The summed E-state index contributed by atoms with van der Waals surface area (Å²) >= 11 is 1.81. The molecule has 0 aromatic heterocycles. The van der Waals surface area contributed by atoms with Crippen molar-refractivity contribution < 1.29 is 23.5 Å². The van der Waals surface area contributed by atoms with Gasteiger partial charge in [0, 0.05) is 41.6 Å². The summed E-state index contributed by atoms with van der Waals surface area (Å²) in [5, 5.41) is 6.63. The van der Waals surface area contributed by atoms with Gasteiger partial charge in [-0.15, -0.1) is 11.8 Å². The molecule has 62 heavy (non-hydrogen) atoms. The minimum Gasteiger partial charge on any atom is -0.489 e. The third-order valence-electron chi connectivity index (χ3n) is 12.8. The SMILES string of the molecule is C=CCOc1cccc2c1C(N1CN(CC3CC3CO[Si](c3ccccc3)(c3ccccc3)C(C)(C)C)C(=O)C3C(OCc4ccccc4)C(=O)C=CN31)c1ccccc1SC2. The van der Waals surface area contributed by atoms with Crippen molar-refractivity contribution in [3.8, 4) is 5.75 Å². The Morgan fingerprint density at radius 3 is 2.19 bits per heavy atom. The number of hydrogen-bond donors (Lipinski definition) is 0. The zero-order valence-electron chi connectivity index (χ0n) is 35.8. The Labute approximate surface area is 371 Å². The maximum absolute atomic E-state index is 15.1. The summed E-state index contributed by atoms with van der Waals surface area (Å²) in [6.07, 6.45) is 5.07. The molecule has 5 aromatic carbocycles. The number of fused-ring (bicyclic) bond motifs is 3. The molecule has 10 heteroatoms. The van der Waals surface area contributed by atoms with E-state index in [1.54, 1.807) is 18.4 Å². The van der Waals surface area contributed by atoms with Crippen LogP contribution in [-0.2, 0) is 31.1 Å². The normalized spacial score (nSPS) is 22.3. The Kier molecular flexibility index (Phi) is 12.1. The lowest BCUT2D eigenvalue weighted by Gasteiger charge is -2.53. The second kappa shape index (κ2) is 17.9. The minimum absolute atomic E-state index is 0.108. The summed E-state index contributed by atoms with van der Waals surface area (Å²) in [4.78, 5) is 32.2. The molecule has 4 aliphatic rings. The summed E-state index contributed by atoms with van der Waals surface area (Å²) in [6, 6.07) is 44.9. The van der Waals surface area contributed by atoms with E-state index < -0.39 is 20.5 Å². The van der Waals surface area contributed by atoms with E-state index in [0.29, 0.717) is 26.4 Å². The Balaban J connectivity index is 1.06. The zero-order chi connectivity index (χ0) is 42.8. The predicted molar refractivity (Wildman–Crippen MR) is 248 cm³/mol. The van der Waals surface area contributed by atoms with E-state index in [-0.39, 0.29) is 41.2 Å². The van der Waals surface area contributed by atoms with E-state index in [9.17, 15) is 4.79 Å². The molecule has 5 atom stereocenters. The van der Waals surface area contributed by atoms with Crippen LogP contribution in [0.5, 0.6) is 5.75 Å². The Hall–Kier alpha value is -5.23. The summed E-state index contributed by atoms with van der Waals surface area (Å²) in [5.74, 6) is 1.74. The van der Waals surface area contributed by atoms with Crippen molar-refractivity contribution in [3.05, 3.63) is 181 Å². The van der Waals surface area contributed by atoms with Gasteiger partial charge in [-0.1, -0.05) is 155 Å². The monoisotopic (exact) mass is 861 g/mol. The van der Waals surface area contributed by atoms with Gasteiger partial charge < -0.3 is 18.8 Å². The number of ether oxygens (including phenoxy) is 2. The van der Waals surface area contributed by atoms with Crippen LogP contribution in [0, 0.1) is 11.8 Å². The predicted octanol–water partition coefficient (Wildman–Crippen LogP) is 8.53. The van der Waals surface area contributed by atoms with Gasteiger partial charge in [-0.05, 0) is 62.5 Å². The van der Waals surface area contributed by atoms with Crippen LogP contribution in [0.1, 0.15) is 55.5 Å². The maximum Gasteiger partial charge on any atom is 0.261 e. The molecule has 5 aromatic rings. The van der Waals surface area contributed by atoms with Gasteiger partial charge in [-0.2, -0.15) is 5.01 Å². The molecule has 1 amide bonds. The van der Waals surface area contributed by atoms with Crippen molar-refractivity contribution in [1.82, 2.24) is 14.9 Å². The molecule has 3 heterocycles. The third kappa shape index (κ3) is 8.10. The highest BCUT2D eigenvalue weighted by atomic mass is 32.2. The molecular formula is C52H55N3O5SSi. The first kappa shape index (κ1) is 42.1. The number of carbonyl (C=O) groups excluding carboxylic acids is 2. The van der Waals surface area contributed by atoms with E-state index in [1.807, 2.05) is 58.1 Å². The largest absolute Gasteiger partial charge is 0.489 e. The van der Waals surface area contributed by atoms with Gasteiger partial charge in [-0.3, -0.25) is 14.6 Å². The van der Waals surface area contributed by atoms with Gasteiger partial charge in [0.25, 0.3) is 14.2 Å². The quantitative estimate of drug-likeness (QED) is 0.0814. The van der Waals surface area contributed by atoms with Crippen LogP contribution in [0.3, 0.4) is 0 Å². The maximum atomic E-state index is 15.1. The lowest BCUT2D eigenvalue weighted by Crippen LogP contribution is -2.69. The van der Waals surface area contributed by atoms with Crippen molar-refractivity contribution in [2.45, 2.75) is 67.7 Å². The third-order valence-corrected chi connectivity index (χ3v) is 19.0. The highest BCUT2D eigenvalue weighted by Gasteiger charge is 2.54. The zero-order valence-corrected chi connectivity index (χ0v) is 37.6. The number of hydrazine groups is 1. The van der Waals surface area contributed by atoms with Gasteiger partial charge in [0.1, 0.15) is 12.4 Å². The van der Waals surface area contributed by atoms with Crippen molar-refractivity contribution >= 4 is 42.1 Å². The number of nitrogens with zero attached hydrogens (tertiary/aromatic N) is 3. The molecule has 3 aliphatic heterocycles. The molecule has 1 saturated carbocycles. The first-order valence-corrected chi connectivity index (χ1v) is 24.6. The fraction of sp³-hybridized carbons (Fsp3) is 0.308. The highest BCUT2D eigenvalue weighted by Crippen LogP contribution is 2.49. The van der Waals surface area contributed by atoms with E-state index in [0.717, 1.165) is 40.2 Å². The van der Waals surface area contributed by atoms with Crippen LogP contribution < -0.4 is 15.1 Å². The standard InChI is InChI=1S/C52H55N3O5SSi/c1-5-30-58-45-26-17-20-38-35-61-46-27-16-15-25-43(46)48(47(38)45)55-36-53(51(57)49-50(44(56)28-29-54(49)55)59-33-37-18-9-6-10-19-37)32-39-31-40(39)34-60-62(52(2,3)4,41-21-11-7-12-22-41)42-23-13-8-14-24-42/h5-29,39-40,48-50H,1,30-36H2,2-4H3. The number of thioether (sulfide) groups is 1. The Bertz CT molecular complexity index is 2390. The molecule has 0 radical (unpaired) electrons. The molecular weight excluding hydrogens is 807 g/mol. The van der Waals surface area contributed by atoms with Crippen LogP contribution in [0.4, 0.5) is 0 Å². The van der Waals surface area contributed by atoms with Crippen LogP contribution >= 0.6 is 11.8 Å². The summed E-state index contributed by atoms with van der Waals surface area (Å²) in [7, 11) is -2.74. The van der Waals surface area contributed by atoms with Crippen molar-refractivity contribution in [3.63, 3.8) is 0 Å². The second-order valence-corrected chi connectivity index (χ2v) is 23.1. The van der Waals surface area contributed by atoms with E-state index >= 15 is 4.79 Å². The highest BCUT2D eigenvalue weighted by molar-refractivity contribution is 7.98. The number of hydrogen-bond acceptors (Lipinski definition) is 8. The van der Waals surface area contributed by atoms with Crippen LogP contribution in [-0.4, -0.2) is 73.5 Å². The first-order valence-electron chi connectivity index (χ1n) is 21.7.